The number of carbonyl (C=O) groups excluding carboxylic acids is 1. The Balaban J connectivity index is 1.85. The molecule has 1 aromatic rings. The van der Waals surface area contributed by atoms with Gasteiger partial charge < -0.3 is 5.11 Å². The second-order valence-electron chi connectivity index (χ2n) is 4.53. The van der Waals surface area contributed by atoms with Crippen LogP contribution in [0.2, 0.25) is 0 Å². The van der Waals surface area contributed by atoms with Crippen molar-refractivity contribution in [3.63, 3.8) is 0 Å². The number of hydrogen-bond acceptors (Lipinski definition) is 4. The maximum absolute atomic E-state index is 12.7. The SMILES string of the molecule is O=C(CCN(CCO)C1CC1)c1ccc(F)cn1. The Morgan fingerprint density at radius 2 is 2.22 bits per heavy atom. The largest absolute Gasteiger partial charge is 0.395 e. The number of nitrogens with zero attached hydrogens (tertiary/aromatic N) is 2. The van der Waals surface area contributed by atoms with Crippen molar-refractivity contribution in [1.82, 2.24) is 9.88 Å². The number of hydrogen-bond donors (Lipinski definition) is 1. The molecule has 0 amide bonds. The first-order valence-electron chi connectivity index (χ1n) is 6.20. The van der Waals surface area contributed by atoms with E-state index in [1.54, 1.807) is 0 Å². The van der Waals surface area contributed by atoms with Crippen molar-refractivity contribution in [2.45, 2.75) is 25.3 Å². The zero-order valence-electron chi connectivity index (χ0n) is 10.2. The van der Waals surface area contributed by atoms with Gasteiger partial charge in [0.2, 0.25) is 0 Å². The molecule has 4 nitrogen and oxygen atoms in total. The van der Waals surface area contributed by atoms with Crippen molar-refractivity contribution in [1.29, 1.82) is 0 Å². The van der Waals surface area contributed by atoms with E-state index in [-0.39, 0.29) is 12.4 Å². The van der Waals surface area contributed by atoms with Crippen molar-refractivity contribution < 1.29 is 14.3 Å². The predicted octanol–water partition coefficient (Wildman–Crippen LogP) is 1.25. The smallest absolute Gasteiger partial charge is 0.182 e. The highest BCUT2D eigenvalue weighted by atomic mass is 19.1. The lowest BCUT2D eigenvalue weighted by molar-refractivity contribution is 0.0949. The fourth-order valence-corrected chi connectivity index (χ4v) is 1.96. The quantitative estimate of drug-likeness (QED) is 0.742. The molecule has 5 heteroatoms. The summed E-state index contributed by atoms with van der Waals surface area (Å²) in [6.07, 6.45) is 3.70. The number of aliphatic hydroxyl groups is 1. The van der Waals surface area contributed by atoms with Crippen LogP contribution in [0.1, 0.15) is 29.8 Å². The van der Waals surface area contributed by atoms with Gasteiger partial charge in [-0.15, -0.1) is 0 Å². The molecule has 1 N–H and O–H groups in total. The standard InChI is InChI=1S/C13H17FN2O2/c14-10-1-4-12(15-9-10)13(18)5-6-16(7-8-17)11-2-3-11/h1,4,9,11,17H,2-3,5-8H2. The van der Waals surface area contributed by atoms with E-state index in [2.05, 4.69) is 9.88 Å². The summed E-state index contributed by atoms with van der Waals surface area (Å²) in [5.41, 5.74) is 0.302. The summed E-state index contributed by atoms with van der Waals surface area (Å²) in [6, 6.07) is 3.17. The van der Waals surface area contributed by atoms with E-state index in [4.69, 9.17) is 5.11 Å². The fourth-order valence-electron chi connectivity index (χ4n) is 1.96. The lowest BCUT2D eigenvalue weighted by atomic mass is 10.2. The van der Waals surface area contributed by atoms with Crippen molar-refractivity contribution >= 4 is 5.78 Å². The van der Waals surface area contributed by atoms with Crippen LogP contribution < -0.4 is 0 Å². The van der Waals surface area contributed by atoms with Gasteiger partial charge in [-0.1, -0.05) is 0 Å². The number of carbonyl (C=O) groups is 1. The zero-order chi connectivity index (χ0) is 13.0. The molecule has 0 bridgehead atoms. The van der Waals surface area contributed by atoms with Crippen LogP contribution in [0, 0.1) is 5.82 Å². The van der Waals surface area contributed by atoms with Gasteiger partial charge in [0.15, 0.2) is 5.78 Å². The number of halogens is 1. The average Bonchev–Trinajstić information content (AvgIpc) is 3.19. The molecule has 0 aromatic carbocycles. The maximum atomic E-state index is 12.7. The van der Waals surface area contributed by atoms with Gasteiger partial charge in [0.05, 0.1) is 12.8 Å². The molecule has 0 unspecified atom stereocenters. The molecule has 1 heterocycles. The molecular formula is C13H17FN2O2. The third-order valence-electron chi connectivity index (χ3n) is 3.09. The van der Waals surface area contributed by atoms with Crippen molar-refractivity contribution in [3.8, 4) is 0 Å². The van der Waals surface area contributed by atoms with Crippen LogP contribution in [0.25, 0.3) is 0 Å². The van der Waals surface area contributed by atoms with Crippen LogP contribution in [0.3, 0.4) is 0 Å². The normalized spacial score (nSPS) is 15.1. The van der Waals surface area contributed by atoms with E-state index < -0.39 is 5.82 Å². The molecule has 0 spiro atoms. The lowest BCUT2D eigenvalue weighted by Crippen LogP contribution is -2.31. The summed E-state index contributed by atoms with van der Waals surface area (Å²) < 4.78 is 12.7. The minimum atomic E-state index is -0.438. The summed E-state index contributed by atoms with van der Waals surface area (Å²) in [5, 5.41) is 8.95. The van der Waals surface area contributed by atoms with Crippen LogP contribution in [0.4, 0.5) is 4.39 Å². The van der Waals surface area contributed by atoms with Crippen LogP contribution in [-0.4, -0.2) is 46.5 Å². The number of ketones is 1. The zero-order valence-corrected chi connectivity index (χ0v) is 10.2. The number of aliphatic hydroxyl groups excluding tert-OH is 1. The average molecular weight is 252 g/mol. The molecule has 0 saturated heterocycles. The molecule has 18 heavy (non-hydrogen) atoms. The van der Waals surface area contributed by atoms with Gasteiger partial charge in [0.1, 0.15) is 11.5 Å². The molecular weight excluding hydrogens is 235 g/mol. The molecule has 1 aliphatic rings. The highest BCUT2D eigenvalue weighted by molar-refractivity contribution is 5.94. The number of Topliss-reactive ketones (excluding diaryl/α,β-unsaturated/α-hetero) is 1. The first-order valence-corrected chi connectivity index (χ1v) is 6.20. The van der Waals surface area contributed by atoms with Gasteiger partial charge >= 0.3 is 0 Å². The Morgan fingerprint density at radius 3 is 2.78 bits per heavy atom. The number of rotatable bonds is 7. The van der Waals surface area contributed by atoms with Crippen LogP contribution >= 0.6 is 0 Å². The van der Waals surface area contributed by atoms with E-state index in [0.29, 0.717) is 31.2 Å². The molecule has 2 rings (SSSR count). The summed E-state index contributed by atoms with van der Waals surface area (Å²) in [5.74, 6) is -0.523. The van der Waals surface area contributed by atoms with E-state index in [1.165, 1.54) is 12.1 Å². The Hall–Kier alpha value is -1.33. The number of aromatic nitrogens is 1. The Labute approximate surface area is 105 Å². The first-order chi connectivity index (χ1) is 8.70. The second-order valence-corrected chi connectivity index (χ2v) is 4.53. The van der Waals surface area contributed by atoms with Crippen molar-refractivity contribution in [2.75, 3.05) is 19.7 Å². The van der Waals surface area contributed by atoms with Crippen LogP contribution in [0.5, 0.6) is 0 Å². The lowest BCUT2D eigenvalue weighted by Gasteiger charge is -2.19. The molecule has 98 valence electrons. The minimum absolute atomic E-state index is 0.0846. The maximum Gasteiger partial charge on any atom is 0.182 e. The topological polar surface area (TPSA) is 53.4 Å². The van der Waals surface area contributed by atoms with Gasteiger partial charge in [-0.2, -0.15) is 0 Å². The van der Waals surface area contributed by atoms with E-state index in [1.807, 2.05) is 0 Å². The second kappa shape index (κ2) is 6.02. The molecule has 1 aliphatic carbocycles. The van der Waals surface area contributed by atoms with Crippen molar-refractivity contribution in [3.05, 3.63) is 29.8 Å². The Morgan fingerprint density at radius 1 is 1.44 bits per heavy atom. The van der Waals surface area contributed by atoms with Crippen LogP contribution in [-0.2, 0) is 0 Å². The van der Waals surface area contributed by atoms with Crippen LogP contribution in [0.15, 0.2) is 18.3 Å². The summed E-state index contributed by atoms with van der Waals surface area (Å²) >= 11 is 0. The molecule has 0 aliphatic heterocycles. The minimum Gasteiger partial charge on any atom is -0.395 e. The van der Waals surface area contributed by atoms with E-state index in [9.17, 15) is 9.18 Å². The van der Waals surface area contributed by atoms with Gasteiger partial charge in [0, 0.05) is 25.6 Å². The van der Waals surface area contributed by atoms with E-state index >= 15 is 0 Å². The first kappa shape index (κ1) is 13.1. The Bertz CT molecular complexity index is 404. The van der Waals surface area contributed by atoms with Gasteiger partial charge in [-0.25, -0.2) is 4.39 Å². The molecule has 1 saturated carbocycles. The molecule has 1 aromatic heterocycles. The predicted molar refractivity (Wildman–Crippen MR) is 64.8 cm³/mol. The monoisotopic (exact) mass is 252 g/mol. The van der Waals surface area contributed by atoms with Crippen molar-refractivity contribution in [2.24, 2.45) is 0 Å². The molecule has 0 radical (unpaired) electrons. The Kier molecular flexibility index (Phi) is 4.38. The highest BCUT2D eigenvalue weighted by Crippen LogP contribution is 2.26. The van der Waals surface area contributed by atoms with Gasteiger partial charge in [0.25, 0.3) is 0 Å². The van der Waals surface area contributed by atoms with E-state index in [0.717, 1.165) is 19.0 Å². The highest BCUT2D eigenvalue weighted by Gasteiger charge is 2.28. The third-order valence-corrected chi connectivity index (χ3v) is 3.09. The number of pyridine rings is 1. The molecule has 1 fully saturated rings. The summed E-state index contributed by atoms with van der Waals surface area (Å²) in [7, 11) is 0. The molecule has 0 atom stereocenters. The van der Waals surface area contributed by atoms with Gasteiger partial charge in [-0.3, -0.25) is 14.7 Å². The summed E-state index contributed by atoms with van der Waals surface area (Å²) in [4.78, 5) is 17.7. The third kappa shape index (κ3) is 3.58. The van der Waals surface area contributed by atoms with Gasteiger partial charge in [-0.05, 0) is 25.0 Å². The fraction of sp³-hybridized carbons (Fsp3) is 0.538. The summed E-state index contributed by atoms with van der Waals surface area (Å²) in [6.45, 7) is 1.34.